The van der Waals surface area contributed by atoms with E-state index in [-0.39, 0.29) is 17.1 Å². The summed E-state index contributed by atoms with van der Waals surface area (Å²) in [6, 6.07) is 14.1. The van der Waals surface area contributed by atoms with Gasteiger partial charge >= 0.3 is 0 Å². The largest absolute Gasteiger partial charge is 0.322 e. The van der Waals surface area contributed by atoms with Crippen molar-refractivity contribution in [1.29, 1.82) is 0 Å². The topological polar surface area (TPSA) is 84.0 Å². The third-order valence-electron chi connectivity index (χ3n) is 3.79. The fourth-order valence-corrected chi connectivity index (χ4v) is 4.69. The summed E-state index contributed by atoms with van der Waals surface area (Å²) in [6.45, 7) is 3.86. The molecule has 3 aromatic rings. The number of amides is 2. The van der Waals surface area contributed by atoms with Gasteiger partial charge in [0.1, 0.15) is 0 Å². The van der Waals surface area contributed by atoms with Gasteiger partial charge in [0.2, 0.25) is 16.2 Å². The van der Waals surface area contributed by atoms with E-state index in [4.69, 9.17) is 11.6 Å². The van der Waals surface area contributed by atoms with E-state index in [9.17, 15) is 9.59 Å². The zero-order chi connectivity index (χ0) is 21.5. The second-order valence-corrected chi connectivity index (χ2v) is 9.89. The van der Waals surface area contributed by atoms with Gasteiger partial charge in [-0.15, -0.1) is 11.8 Å². The number of carbonyl (C=O) groups excluding carboxylic acids is 2. The molecule has 30 heavy (non-hydrogen) atoms. The first-order valence-corrected chi connectivity index (χ1v) is 12.1. The lowest BCUT2D eigenvalue weighted by Crippen LogP contribution is -2.22. The highest BCUT2D eigenvalue weighted by molar-refractivity contribution is 8.00. The first kappa shape index (κ1) is 22.6. The average Bonchev–Trinajstić information content (AvgIpc) is 3.16. The van der Waals surface area contributed by atoms with Crippen LogP contribution in [0.2, 0.25) is 5.02 Å². The fourth-order valence-electron chi connectivity index (χ4n) is 2.36. The highest BCUT2D eigenvalue weighted by Crippen LogP contribution is 2.27. The van der Waals surface area contributed by atoms with Gasteiger partial charge in [0.05, 0.1) is 5.25 Å². The molecule has 0 radical (unpaired) electrons. The van der Waals surface area contributed by atoms with E-state index in [1.807, 2.05) is 26.0 Å². The van der Waals surface area contributed by atoms with E-state index in [1.54, 1.807) is 36.4 Å². The van der Waals surface area contributed by atoms with Gasteiger partial charge in [-0.2, -0.15) is 9.36 Å². The van der Waals surface area contributed by atoms with Crippen LogP contribution in [0.4, 0.5) is 10.8 Å². The average molecular weight is 479 g/mol. The van der Waals surface area contributed by atoms with Gasteiger partial charge in [0, 0.05) is 32.7 Å². The molecule has 2 amide bonds. The molecule has 0 aliphatic rings. The molecule has 1 heterocycles. The van der Waals surface area contributed by atoms with Crippen LogP contribution in [-0.2, 0) is 4.79 Å². The van der Waals surface area contributed by atoms with Gasteiger partial charge < -0.3 is 5.32 Å². The molecule has 2 N–H and O–H groups in total. The maximum Gasteiger partial charge on any atom is 0.255 e. The molecule has 0 aliphatic carbocycles. The lowest BCUT2D eigenvalue weighted by atomic mass is 10.2. The lowest BCUT2D eigenvalue weighted by Gasteiger charge is -2.11. The van der Waals surface area contributed by atoms with E-state index in [1.165, 1.54) is 35.1 Å². The Morgan fingerprint density at radius 2 is 1.93 bits per heavy atom. The summed E-state index contributed by atoms with van der Waals surface area (Å²) in [5, 5.41) is 7.01. The van der Waals surface area contributed by atoms with Gasteiger partial charge in [-0.1, -0.05) is 36.4 Å². The monoisotopic (exact) mass is 478 g/mol. The summed E-state index contributed by atoms with van der Waals surface area (Å²) in [5.41, 5.74) is 1.15. The van der Waals surface area contributed by atoms with Crippen molar-refractivity contribution in [2.24, 2.45) is 0 Å². The van der Waals surface area contributed by atoms with E-state index in [0.717, 1.165) is 10.6 Å². The predicted molar refractivity (Wildman–Crippen MR) is 126 cm³/mol. The second kappa shape index (κ2) is 10.8. The van der Waals surface area contributed by atoms with Crippen molar-refractivity contribution in [3.05, 3.63) is 59.1 Å². The number of aromatic nitrogens is 2. The third-order valence-corrected chi connectivity index (χ3v) is 6.61. The van der Waals surface area contributed by atoms with E-state index in [0.29, 0.717) is 26.6 Å². The van der Waals surface area contributed by atoms with E-state index in [2.05, 4.69) is 20.0 Å². The summed E-state index contributed by atoms with van der Waals surface area (Å²) in [4.78, 5) is 29.9. The quantitative estimate of drug-likeness (QED) is 0.405. The highest BCUT2D eigenvalue weighted by atomic mass is 35.5. The summed E-state index contributed by atoms with van der Waals surface area (Å²) in [7, 11) is 0. The Morgan fingerprint density at radius 1 is 1.17 bits per heavy atom. The van der Waals surface area contributed by atoms with Crippen LogP contribution in [0, 0.1) is 0 Å². The number of hydrogen-bond acceptors (Lipinski definition) is 7. The van der Waals surface area contributed by atoms with E-state index >= 15 is 0 Å². The number of thioether (sulfide) groups is 2. The number of nitrogens with zero attached hydrogens (tertiary/aromatic N) is 2. The molecule has 1 aromatic heterocycles. The molecular formula is C20H19ClN4O2S3. The first-order valence-electron chi connectivity index (χ1n) is 9.05. The van der Waals surface area contributed by atoms with Crippen LogP contribution in [0.5, 0.6) is 0 Å². The number of carbonyl (C=O) groups is 2. The molecule has 6 nitrogen and oxygen atoms in total. The zero-order valence-electron chi connectivity index (χ0n) is 16.2. The predicted octanol–water partition coefficient (Wildman–Crippen LogP) is 5.68. The Balaban J connectivity index is 1.53. The number of nitrogens with one attached hydrogen (secondary N) is 2. The molecule has 10 heteroatoms. The van der Waals surface area contributed by atoms with E-state index < -0.39 is 0 Å². The molecule has 0 saturated heterocycles. The summed E-state index contributed by atoms with van der Waals surface area (Å²) in [5.74, 6) is 0.511. The molecule has 2 aromatic carbocycles. The highest BCUT2D eigenvalue weighted by Gasteiger charge is 2.17. The van der Waals surface area contributed by atoms with Gasteiger partial charge in [-0.3, -0.25) is 14.9 Å². The molecule has 1 unspecified atom stereocenters. The van der Waals surface area contributed by atoms with Crippen LogP contribution in [0.1, 0.15) is 24.2 Å². The van der Waals surface area contributed by atoms with Gasteiger partial charge in [-0.25, -0.2) is 0 Å². The first-order chi connectivity index (χ1) is 14.4. The van der Waals surface area contributed by atoms with Crippen LogP contribution in [0.25, 0.3) is 0 Å². The van der Waals surface area contributed by atoms with Gasteiger partial charge in [-0.05, 0) is 55.1 Å². The van der Waals surface area contributed by atoms with Crippen molar-refractivity contribution in [3.8, 4) is 0 Å². The smallest absolute Gasteiger partial charge is 0.255 e. The number of benzene rings is 2. The third kappa shape index (κ3) is 6.46. The van der Waals surface area contributed by atoms with Crippen LogP contribution >= 0.6 is 46.7 Å². The van der Waals surface area contributed by atoms with Crippen LogP contribution in [0.15, 0.2) is 58.6 Å². The second-order valence-electron chi connectivity index (χ2n) is 6.05. The maximum absolute atomic E-state index is 12.4. The summed E-state index contributed by atoms with van der Waals surface area (Å²) in [6.07, 6.45) is 0. The Bertz CT molecular complexity index is 1030. The van der Waals surface area contributed by atoms with Gasteiger partial charge in [0.25, 0.3) is 5.91 Å². The van der Waals surface area contributed by atoms with Crippen LogP contribution < -0.4 is 10.6 Å². The SMILES string of the molecule is CCSc1nsc(NC(=O)C(C)Sc2ccc(NC(=O)c3cccc(Cl)c3)cc2)n1. The zero-order valence-corrected chi connectivity index (χ0v) is 19.4. The molecule has 0 aliphatic heterocycles. The number of rotatable bonds is 8. The van der Waals surface area contributed by atoms with Crippen molar-refractivity contribution in [3.63, 3.8) is 0 Å². The molecule has 1 atom stereocenters. The Hall–Kier alpha value is -2.07. The van der Waals surface area contributed by atoms with Crippen molar-refractivity contribution in [2.75, 3.05) is 16.4 Å². The van der Waals surface area contributed by atoms with Gasteiger partial charge in [0.15, 0.2) is 0 Å². The molecule has 0 saturated carbocycles. The number of anilines is 2. The van der Waals surface area contributed by atoms with Crippen molar-refractivity contribution in [2.45, 2.75) is 29.1 Å². The van der Waals surface area contributed by atoms with Crippen molar-refractivity contribution >= 4 is 69.3 Å². The fraction of sp³-hybridized carbons (Fsp3) is 0.200. The maximum atomic E-state index is 12.4. The molecule has 0 spiro atoms. The van der Waals surface area contributed by atoms with Crippen LogP contribution in [-0.4, -0.2) is 32.2 Å². The Kier molecular flexibility index (Phi) is 8.15. The summed E-state index contributed by atoms with van der Waals surface area (Å²) >= 11 is 10.1. The van der Waals surface area contributed by atoms with Crippen LogP contribution in [0.3, 0.4) is 0 Å². The Labute approximate surface area is 192 Å². The van der Waals surface area contributed by atoms with Crippen molar-refractivity contribution in [1.82, 2.24) is 9.36 Å². The molecular weight excluding hydrogens is 460 g/mol. The normalized spacial score (nSPS) is 11.7. The minimum atomic E-state index is -0.317. The molecule has 0 bridgehead atoms. The minimum absolute atomic E-state index is 0.137. The minimum Gasteiger partial charge on any atom is -0.322 e. The van der Waals surface area contributed by atoms with Crippen molar-refractivity contribution < 1.29 is 9.59 Å². The molecule has 0 fully saturated rings. The number of hydrogen-bond donors (Lipinski definition) is 2. The lowest BCUT2D eigenvalue weighted by molar-refractivity contribution is -0.115. The molecule has 3 rings (SSSR count). The Morgan fingerprint density at radius 3 is 2.63 bits per heavy atom. The summed E-state index contributed by atoms with van der Waals surface area (Å²) < 4.78 is 4.19. The molecule has 156 valence electrons. The number of halogens is 1. The standard InChI is InChI=1S/C20H19ClN4O2S3/c1-3-28-20-24-19(30-25-20)23-17(26)12(2)29-16-9-7-15(8-10-16)22-18(27)13-5-4-6-14(21)11-13/h4-12H,3H2,1-2H3,(H,22,27)(H,23,24,25,26).